The lowest BCUT2D eigenvalue weighted by Crippen LogP contribution is -2.22. The molecule has 0 bridgehead atoms. The van der Waals surface area contributed by atoms with Crippen LogP contribution in [0.2, 0.25) is 0 Å². The largest absolute Gasteiger partial charge is 0.316 e. The molecule has 1 heteroatoms. The Morgan fingerprint density at radius 3 is 2.21 bits per heavy atom. The predicted molar refractivity (Wildman–Crippen MR) is 85.6 cm³/mol. The minimum atomic E-state index is 0.674. The summed E-state index contributed by atoms with van der Waals surface area (Å²) < 4.78 is 0. The Morgan fingerprint density at radius 2 is 1.63 bits per heavy atom. The van der Waals surface area contributed by atoms with Crippen LogP contribution in [-0.2, 0) is 0 Å². The van der Waals surface area contributed by atoms with E-state index in [0.717, 1.165) is 19.0 Å². The van der Waals surface area contributed by atoms with Gasteiger partial charge in [-0.2, -0.15) is 0 Å². The van der Waals surface area contributed by atoms with E-state index >= 15 is 0 Å². The molecule has 1 N–H and O–H groups in total. The summed E-state index contributed by atoms with van der Waals surface area (Å²) in [6.07, 6.45) is 6.53. The van der Waals surface area contributed by atoms with Gasteiger partial charge in [0, 0.05) is 6.54 Å². The lowest BCUT2D eigenvalue weighted by Gasteiger charge is -2.21. The Hall–Kier alpha value is -0.820. The van der Waals surface area contributed by atoms with Gasteiger partial charge in [-0.25, -0.2) is 0 Å². The fourth-order valence-corrected chi connectivity index (χ4v) is 2.70. The van der Waals surface area contributed by atoms with Crippen LogP contribution >= 0.6 is 0 Å². The Morgan fingerprint density at radius 1 is 0.947 bits per heavy atom. The summed E-state index contributed by atoms with van der Waals surface area (Å²) in [6.45, 7) is 9.13. The lowest BCUT2D eigenvalue weighted by molar-refractivity contribution is 0.409. The molecular formula is C18H31N. The van der Waals surface area contributed by atoms with Crippen molar-refractivity contribution >= 4 is 0 Å². The normalized spacial score (nSPS) is 12.8. The summed E-state index contributed by atoms with van der Waals surface area (Å²) in [6, 6.07) is 11.0. The molecule has 0 aromatic heterocycles. The van der Waals surface area contributed by atoms with Gasteiger partial charge in [-0.15, -0.1) is 0 Å². The van der Waals surface area contributed by atoms with Gasteiger partial charge in [-0.1, -0.05) is 63.9 Å². The van der Waals surface area contributed by atoms with Gasteiger partial charge in [0.2, 0.25) is 0 Å². The molecule has 1 atom stereocenters. The van der Waals surface area contributed by atoms with Crippen molar-refractivity contribution < 1.29 is 0 Å². The highest BCUT2D eigenvalue weighted by molar-refractivity contribution is 5.19. The van der Waals surface area contributed by atoms with Gasteiger partial charge in [-0.3, -0.25) is 0 Å². The molecule has 1 nitrogen and oxygen atoms in total. The first kappa shape index (κ1) is 16.2. The number of hydrogen-bond acceptors (Lipinski definition) is 1. The van der Waals surface area contributed by atoms with E-state index in [1.807, 2.05) is 0 Å². The zero-order chi connectivity index (χ0) is 13.9. The SMILES string of the molecule is CCCNCC(CCC(CC)CC)c1ccccc1. The average molecular weight is 261 g/mol. The maximum Gasteiger partial charge on any atom is 0.00201 e. The third-order valence-corrected chi connectivity index (χ3v) is 4.17. The summed E-state index contributed by atoms with van der Waals surface area (Å²) in [5.41, 5.74) is 1.50. The Labute approximate surface area is 119 Å². The van der Waals surface area contributed by atoms with Crippen molar-refractivity contribution in [1.82, 2.24) is 5.32 Å². The molecule has 0 aliphatic heterocycles. The lowest BCUT2D eigenvalue weighted by atomic mass is 9.88. The second-order valence-corrected chi connectivity index (χ2v) is 5.57. The molecule has 0 radical (unpaired) electrons. The number of rotatable bonds is 10. The van der Waals surface area contributed by atoms with Crippen molar-refractivity contribution in [3.63, 3.8) is 0 Å². The second-order valence-electron chi connectivity index (χ2n) is 5.57. The molecular weight excluding hydrogens is 230 g/mol. The van der Waals surface area contributed by atoms with Crippen LogP contribution in [0.25, 0.3) is 0 Å². The molecule has 0 aliphatic carbocycles. The van der Waals surface area contributed by atoms with Gasteiger partial charge >= 0.3 is 0 Å². The number of hydrogen-bond donors (Lipinski definition) is 1. The Balaban J connectivity index is 2.54. The predicted octanol–water partition coefficient (Wildman–Crippen LogP) is 4.99. The highest BCUT2D eigenvalue weighted by atomic mass is 14.8. The summed E-state index contributed by atoms with van der Waals surface area (Å²) in [7, 11) is 0. The van der Waals surface area contributed by atoms with Crippen molar-refractivity contribution in [2.45, 2.75) is 58.8 Å². The van der Waals surface area contributed by atoms with E-state index in [-0.39, 0.29) is 0 Å². The van der Waals surface area contributed by atoms with E-state index in [1.54, 1.807) is 0 Å². The van der Waals surface area contributed by atoms with E-state index in [2.05, 4.69) is 56.4 Å². The molecule has 1 unspecified atom stereocenters. The molecule has 0 heterocycles. The zero-order valence-corrected chi connectivity index (χ0v) is 13.0. The van der Waals surface area contributed by atoms with Crippen LogP contribution in [0, 0.1) is 5.92 Å². The number of nitrogens with one attached hydrogen (secondary N) is 1. The first-order chi connectivity index (χ1) is 9.31. The second kappa shape index (κ2) is 10.0. The molecule has 0 aliphatic rings. The van der Waals surface area contributed by atoms with Crippen LogP contribution in [0.4, 0.5) is 0 Å². The van der Waals surface area contributed by atoms with Gasteiger partial charge < -0.3 is 5.32 Å². The highest BCUT2D eigenvalue weighted by Crippen LogP contribution is 2.25. The maximum absolute atomic E-state index is 3.59. The van der Waals surface area contributed by atoms with Crippen molar-refractivity contribution in [3.05, 3.63) is 35.9 Å². The van der Waals surface area contributed by atoms with E-state index < -0.39 is 0 Å². The molecule has 0 saturated heterocycles. The van der Waals surface area contributed by atoms with E-state index in [0.29, 0.717) is 5.92 Å². The Kier molecular flexibility index (Phi) is 8.57. The van der Waals surface area contributed by atoms with E-state index in [4.69, 9.17) is 0 Å². The van der Waals surface area contributed by atoms with Crippen LogP contribution in [0.1, 0.15) is 64.4 Å². The fourth-order valence-electron chi connectivity index (χ4n) is 2.70. The first-order valence-corrected chi connectivity index (χ1v) is 8.07. The summed E-state index contributed by atoms with van der Waals surface area (Å²) in [4.78, 5) is 0. The standard InChI is InChI=1S/C18H31N/c1-4-14-19-15-18(13-12-16(5-2)6-3)17-10-8-7-9-11-17/h7-11,16,18-19H,4-6,12-15H2,1-3H3. The van der Waals surface area contributed by atoms with Crippen LogP contribution in [0.3, 0.4) is 0 Å². The van der Waals surface area contributed by atoms with Crippen LogP contribution < -0.4 is 5.32 Å². The molecule has 0 spiro atoms. The smallest absolute Gasteiger partial charge is 0.00201 e. The molecule has 0 fully saturated rings. The van der Waals surface area contributed by atoms with E-state index in [1.165, 1.54) is 37.7 Å². The zero-order valence-electron chi connectivity index (χ0n) is 13.0. The third-order valence-electron chi connectivity index (χ3n) is 4.17. The minimum absolute atomic E-state index is 0.674. The van der Waals surface area contributed by atoms with Gasteiger partial charge in [0.05, 0.1) is 0 Å². The molecule has 0 saturated carbocycles. The van der Waals surface area contributed by atoms with Gasteiger partial charge in [0.1, 0.15) is 0 Å². The van der Waals surface area contributed by atoms with Crippen molar-refractivity contribution in [2.24, 2.45) is 5.92 Å². The molecule has 1 aromatic rings. The molecule has 1 rings (SSSR count). The van der Waals surface area contributed by atoms with Gasteiger partial charge in [0.15, 0.2) is 0 Å². The molecule has 0 amide bonds. The first-order valence-electron chi connectivity index (χ1n) is 8.07. The van der Waals surface area contributed by atoms with Crippen LogP contribution in [-0.4, -0.2) is 13.1 Å². The van der Waals surface area contributed by atoms with Crippen molar-refractivity contribution in [2.75, 3.05) is 13.1 Å². The monoisotopic (exact) mass is 261 g/mol. The molecule has 1 aromatic carbocycles. The quantitative estimate of drug-likeness (QED) is 0.585. The number of benzene rings is 1. The summed E-state index contributed by atoms with van der Waals surface area (Å²) >= 11 is 0. The Bertz CT molecular complexity index is 303. The van der Waals surface area contributed by atoms with Crippen LogP contribution in [0.15, 0.2) is 30.3 Å². The van der Waals surface area contributed by atoms with Gasteiger partial charge in [-0.05, 0) is 43.2 Å². The molecule has 108 valence electrons. The highest BCUT2D eigenvalue weighted by Gasteiger charge is 2.13. The topological polar surface area (TPSA) is 12.0 Å². The van der Waals surface area contributed by atoms with Crippen molar-refractivity contribution in [1.29, 1.82) is 0 Å². The van der Waals surface area contributed by atoms with E-state index in [9.17, 15) is 0 Å². The molecule has 19 heavy (non-hydrogen) atoms. The summed E-state index contributed by atoms with van der Waals surface area (Å²) in [5, 5.41) is 3.59. The van der Waals surface area contributed by atoms with Gasteiger partial charge in [0.25, 0.3) is 0 Å². The van der Waals surface area contributed by atoms with Crippen molar-refractivity contribution in [3.8, 4) is 0 Å². The summed E-state index contributed by atoms with van der Waals surface area (Å²) in [5.74, 6) is 1.57. The maximum atomic E-state index is 3.59. The minimum Gasteiger partial charge on any atom is -0.316 e. The third kappa shape index (κ3) is 6.24. The van der Waals surface area contributed by atoms with Crippen LogP contribution in [0.5, 0.6) is 0 Å². The average Bonchev–Trinajstić information content (AvgIpc) is 2.47. The fraction of sp³-hybridized carbons (Fsp3) is 0.667.